The van der Waals surface area contributed by atoms with Crippen LogP contribution in [-0.2, 0) is 16.0 Å². The van der Waals surface area contributed by atoms with Gasteiger partial charge in [0, 0.05) is 5.75 Å². The smallest absolute Gasteiger partial charge is 0.148 e. The van der Waals surface area contributed by atoms with Gasteiger partial charge in [-0.3, -0.25) is 4.79 Å². The molecule has 1 rings (SSSR count). The van der Waals surface area contributed by atoms with Crippen molar-refractivity contribution in [2.24, 2.45) is 0 Å². The Bertz CT molecular complexity index is 422. The highest BCUT2D eigenvalue weighted by Gasteiger charge is 2.14. The van der Waals surface area contributed by atoms with E-state index in [-0.39, 0.29) is 11.5 Å². The van der Waals surface area contributed by atoms with Gasteiger partial charge in [0.1, 0.15) is 17.8 Å². The number of hydrogen-bond acceptors (Lipinski definition) is 6. The predicted octanol–water partition coefficient (Wildman–Crippen LogP) is 0.484. The zero-order chi connectivity index (χ0) is 14.3. The lowest BCUT2D eigenvalue weighted by Crippen LogP contribution is -2.51. The van der Waals surface area contributed by atoms with Crippen molar-refractivity contribution in [2.75, 3.05) is 5.75 Å². The summed E-state index contributed by atoms with van der Waals surface area (Å²) < 4.78 is 0. The van der Waals surface area contributed by atoms with E-state index in [0.717, 1.165) is 11.8 Å². The first-order valence-electron chi connectivity index (χ1n) is 5.92. The molecule has 0 aliphatic heterocycles. The van der Waals surface area contributed by atoms with Gasteiger partial charge in [0.25, 0.3) is 0 Å². The maximum atomic E-state index is 11.2. The topological polar surface area (TPSA) is 78.4 Å². The Balaban J connectivity index is 2.52. The second-order valence-corrected chi connectivity index (χ2v) is 4.61. The number of aldehydes is 1. The molecule has 2 atom stereocenters. The molecule has 0 aliphatic rings. The molecule has 104 valence electrons. The molecule has 0 bridgehead atoms. The highest BCUT2D eigenvalue weighted by molar-refractivity contribution is 7.80. The number of aromatic hydroxyl groups is 1. The molecule has 0 spiro atoms. The van der Waals surface area contributed by atoms with E-state index in [4.69, 9.17) is 0 Å². The lowest BCUT2D eigenvalue weighted by Gasteiger charge is -2.18. The number of nitrogens with one attached hydrogen (secondary N) is 2. The van der Waals surface area contributed by atoms with Gasteiger partial charge in [0.15, 0.2) is 0 Å². The van der Waals surface area contributed by atoms with E-state index in [1.54, 1.807) is 24.3 Å². The van der Waals surface area contributed by atoms with Gasteiger partial charge >= 0.3 is 0 Å². The van der Waals surface area contributed by atoms with Gasteiger partial charge in [-0.15, -0.1) is 0 Å². The van der Waals surface area contributed by atoms with Gasteiger partial charge in [0.2, 0.25) is 0 Å². The van der Waals surface area contributed by atoms with E-state index >= 15 is 0 Å². The average Bonchev–Trinajstić information content (AvgIpc) is 2.40. The fourth-order valence-corrected chi connectivity index (χ4v) is 1.85. The molecule has 0 heterocycles. The second kappa shape index (κ2) is 7.93. The van der Waals surface area contributed by atoms with Crippen LogP contribution in [0.5, 0.6) is 5.75 Å². The molecule has 0 saturated heterocycles. The molecule has 3 N–H and O–H groups in total. The molecule has 1 aromatic carbocycles. The number of thiol groups is 1. The van der Waals surface area contributed by atoms with Crippen LogP contribution in [0.4, 0.5) is 0 Å². The first kappa shape index (κ1) is 15.7. The fraction of sp³-hybridized carbons (Fsp3) is 0.385. The first-order valence-corrected chi connectivity index (χ1v) is 6.55. The standard InChI is InChI=1S/C13H18N2O3S/c1-9(17)13(8-19)15-14-11(7-16)6-10-2-4-12(18)5-3-10/h2-5,7,11,13-15,18-19H,6,8H2,1H3/t11?,13-/m0/s1. The zero-order valence-corrected chi connectivity index (χ0v) is 11.6. The Morgan fingerprint density at radius 2 is 2.00 bits per heavy atom. The van der Waals surface area contributed by atoms with Crippen molar-refractivity contribution in [2.45, 2.75) is 25.4 Å². The van der Waals surface area contributed by atoms with Crippen molar-refractivity contribution in [3.05, 3.63) is 29.8 Å². The van der Waals surface area contributed by atoms with E-state index in [1.165, 1.54) is 6.92 Å². The van der Waals surface area contributed by atoms with Crippen LogP contribution in [-0.4, -0.2) is 35.0 Å². The Kier molecular flexibility index (Phi) is 6.55. The summed E-state index contributed by atoms with van der Waals surface area (Å²) in [5, 5.41) is 9.17. The third-order valence-corrected chi connectivity index (χ3v) is 3.04. The Morgan fingerprint density at radius 3 is 2.47 bits per heavy atom. The summed E-state index contributed by atoms with van der Waals surface area (Å²) in [5.41, 5.74) is 6.52. The normalized spacial score (nSPS) is 13.8. The number of hydrogen-bond donors (Lipinski definition) is 4. The number of phenolic OH excluding ortho intramolecular Hbond substituents is 1. The molecule has 0 saturated carbocycles. The molecule has 0 aromatic heterocycles. The molecular weight excluding hydrogens is 264 g/mol. The molecule has 0 radical (unpaired) electrons. The van der Waals surface area contributed by atoms with Crippen molar-refractivity contribution in [3.63, 3.8) is 0 Å². The number of carbonyl (C=O) groups is 2. The van der Waals surface area contributed by atoms with Crippen LogP contribution in [0.25, 0.3) is 0 Å². The number of hydrazine groups is 1. The van der Waals surface area contributed by atoms with E-state index in [9.17, 15) is 14.7 Å². The summed E-state index contributed by atoms with van der Waals surface area (Å²) in [5.74, 6) is 0.494. The first-order chi connectivity index (χ1) is 9.06. The maximum absolute atomic E-state index is 11.2. The van der Waals surface area contributed by atoms with E-state index in [1.807, 2.05) is 0 Å². The van der Waals surface area contributed by atoms with E-state index in [2.05, 4.69) is 23.5 Å². The van der Waals surface area contributed by atoms with Crippen LogP contribution in [0.1, 0.15) is 12.5 Å². The number of rotatable bonds is 8. The fourth-order valence-electron chi connectivity index (χ4n) is 1.50. The number of Topliss-reactive ketones (excluding diaryl/α,β-unsaturated/α-hetero) is 1. The van der Waals surface area contributed by atoms with Crippen molar-refractivity contribution < 1.29 is 14.7 Å². The number of ketones is 1. The van der Waals surface area contributed by atoms with Crippen LogP contribution in [0, 0.1) is 0 Å². The highest BCUT2D eigenvalue weighted by Crippen LogP contribution is 2.10. The second-order valence-electron chi connectivity index (χ2n) is 4.25. The zero-order valence-electron chi connectivity index (χ0n) is 10.7. The van der Waals surface area contributed by atoms with Crippen LogP contribution in [0.2, 0.25) is 0 Å². The van der Waals surface area contributed by atoms with Crippen LogP contribution in [0.3, 0.4) is 0 Å². The van der Waals surface area contributed by atoms with E-state index in [0.29, 0.717) is 12.2 Å². The third kappa shape index (κ3) is 5.42. The van der Waals surface area contributed by atoms with Crippen LogP contribution in [0.15, 0.2) is 24.3 Å². The molecular formula is C13H18N2O3S. The number of benzene rings is 1. The molecule has 0 amide bonds. The molecule has 19 heavy (non-hydrogen) atoms. The van der Waals surface area contributed by atoms with Crippen LogP contribution < -0.4 is 10.9 Å². The monoisotopic (exact) mass is 282 g/mol. The summed E-state index contributed by atoms with van der Waals surface area (Å²) in [6.45, 7) is 1.46. The van der Waals surface area contributed by atoms with Crippen LogP contribution >= 0.6 is 12.6 Å². The summed E-state index contributed by atoms with van der Waals surface area (Å²) >= 11 is 4.06. The summed E-state index contributed by atoms with van der Waals surface area (Å²) in [4.78, 5) is 22.2. The molecule has 0 aliphatic carbocycles. The van der Waals surface area contributed by atoms with Gasteiger partial charge in [-0.1, -0.05) is 12.1 Å². The average molecular weight is 282 g/mol. The minimum atomic E-state index is -0.453. The summed E-state index contributed by atoms with van der Waals surface area (Å²) in [6.07, 6.45) is 1.24. The summed E-state index contributed by atoms with van der Waals surface area (Å²) in [6, 6.07) is 5.74. The highest BCUT2D eigenvalue weighted by atomic mass is 32.1. The van der Waals surface area contributed by atoms with Gasteiger partial charge in [-0.2, -0.15) is 12.6 Å². The number of phenols is 1. The lowest BCUT2D eigenvalue weighted by molar-refractivity contribution is -0.119. The Hall–Kier alpha value is -1.37. The van der Waals surface area contributed by atoms with E-state index < -0.39 is 12.1 Å². The van der Waals surface area contributed by atoms with Gasteiger partial charge in [-0.25, -0.2) is 10.9 Å². The molecule has 5 nitrogen and oxygen atoms in total. The lowest BCUT2D eigenvalue weighted by atomic mass is 10.1. The van der Waals surface area contributed by atoms with Crippen molar-refractivity contribution in [1.29, 1.82) is 0 Å². The third-order valence-electron chi connectivity index (χ3n) is 2.67. The molecule has 6 heteroatoms. The minimum absolute atomic E-state index is 0.0446. The van der Waals surface area contributed by atoms with Gasteiger partial charge < -0.3 is 9.90 Å². The van der Waals surface area contributed by atoms with Gasteiger partial charge in [0.05, 0.1) is 12.1 Å². The number of carbonyl (C=O) groups excluding carboxylic acids is 2. The molecule has 1 aromatic rings. The van der Waals surface area contributed by atoms with Crippen molar-refractivity contribution >= 4 is 24.7 Å². The maximum Gasteiger partial charge on any atom is 0.148 e. The summed E-state index contributed by atoms with van der Waals surface area (Å²) in [7, 11) is 0. The Labute approximate surface area is 117 Å². The SMILES string of the molecule is CC(=O)[C@H](CS)NNC(C=O)Cc1ccc(O)cc1. The quantitative estimate of drug-likeness (QED) is 0.317. The molecule has 0 fully saturated rings. The predicted molar refractivity (Wildman–Crippen MR) is 76.3 cm³/mol. The minimum Gasteiger partial charge on any atom is -0.508 e. The Morgan fingerprint density at radius 1 is 1.37 bits per heavy atom. The van der Waals surface area contributed by atoms with Crippen molar-refractivity contribution in [1.82, 2.24) is 10.9 Å². The largest absolute Gasteiger partial charge is 0.508 e. The van der Waals surface area contributed by atoms with Crippen molar-refractivity contribution in [3.8, 4) is 5.75 Å². The van der Waals surface area contributed by atoms with Gasteiger partial charge in [-0.05, 0) is 31.0 Å². The molecule has 1 unspecified atom stereocenters.